The first-order valence-corrected chi connectivity index (χ1v) is 15.6. The third-order valence-corrected chi connectivity index (χ3v) is 8.12. The van der Waals surface area contributed by atoms with E-state index >= 15 is 0 Å². The Morgan fingerprint density at radius 1 is 0.818 bits per heavy atom. The second-order valence-electron chi connectivity index (χ2n) is 10.7. The topological polar surface area (TPSA) is 202 Å². The summed E-state index contributed by atoms with van der Waals surface area (Å²) in [6.07, 6.45) is 4.41. The second kappa shape index (κ2) is 14.9. The van der Waals surface area contributed by atoms with Crippen LogP contribution < -0.4 is 21.7 Å². The number of rotatable bonds is 15. The van der Waals surface area contributed by atoms with Crippen LogP contribution in [0.25, 0.3) is 21.8 Å². The van der Waals surface area contributed by atoms with Crippen LogP contribution in [0, 0.1) is 0 Å². The van der Waals surface area contributed by atoms with Crippen molar-refractivity contribution < 1.29 is 29.4 Å². The van der Waals surface area contributed by atoms with Crippen LogP contribution in [0.2, 0.25) is 0 Å². The number of fused-ring (bicyclic) bond motifs is 2. The first-order valence-electron chi connectivity index (χ1n) is 14.3. The molecule has 2 heterocycles. The Balaban J connectivity index is 1.42. The summed E-state index contributed by atoms with van der Waals surface area (Å²) in [5.41, 5.74) is 9.47. The summed E-state index contributed by atoms with van der Waals surface area (Å²) in [6, 6.07) is 10.2. The Kier molecular flexibility index (Phi) is 11.0. The molecule has 5 unspecified atom stereocenters. The smallest absolute Gasteiger partial charge is 0.326 e. The lowest BCUT2D eigenvalue weighted by Gasteiger charge is -2.26. The zero-order valence-corrected chi connectivity index (χ0v) is 25.3. The van der Waals surface area contributed by atoms with Gasteiger partial charge in [0.15, 0.2) is 0 Å². The number of H-pyrrole nitrogens is 2. The van der Waals surface area contributed by atoms with Crippen molar-refractivity contribution in [3.05, 3.63) is 72.1 Å². The number of nitrogens with two attached hydrogens (primary N) is 1. The molecule has 4 aromatic rings. The zero-order chi connectivity index (χ0) is 31.8. The fourth-order valence-electron chi connectivity index (χ4n) is 5.05. The molecule has 0 radical (unpaired) electrons. The molecule has 3 amide bonds. The Bertz CT molecular complexity index is 1620. The molecule has 9 N–H and O–H groups in total. The maximum Gasteiger partial charge on any atom is 0.326 e. The SMILES string of the molecule is CSCCC(NC(=O)C(NC(=O)C(N)Cc1c[nH]c2ccccc12)C(C)O)C(=O)NC(Cc1c[nH]c2ccccc12)C(=O)O. The number of benzene rings is 2. The second-order valence-corrected chi connectivity index (χ2v) is 11.7. The largest absolute Gasteiger partial charge is 0.480 e. The lowest BCUT2D eigenvalue weighted by atomic mass is 10.0. The van der Waals surface area contributed by atoms with Gasteiger partial charge in [0.05, 0.1) is 12.1 Å². The number of amides is 3. The molecule has 0 saturated carbocycles. The first-order chi connectivity index (χ1) is 21.1. The summed E-state index contributed by atoms with van der Waals surface area (Å²) < 4.78 is 0. The number of hydrogen-bond donors (Lipinski definition) is 8. The van der Waals surface area contributed by atoms with E-state index in [9.17, 15) is 29.4 Å². The fraction of sp³-hybridized carbons (Fsp3) is 0.355. The maximum atomic E-state index is 13.3. The number of aromatic amines is 2. The van der Waals surface area contributed by atoms with Gasteiger partial charge in [-0.3, -0.25) is 14.4 Å². The van der Waals surface area contributed by atoms with Gasteiger partial charge in [0.25, 0.3) is 0 Å². The van der Waals surface area contributed by atoms with E-state index < -0.39 is 54.0 Å². The van der Waals surface area contributed by atoms with E-state index in [4.69, 9.17) is 5.73 Å². The van der Waals surface area contributed by atoms with Gasteiger partial charge in [0.2, 0.25) is 17.7 Å². The zero-order valence-electron chi connectivity index (χ0n) is 24.5. The quantitative estimate of drug-likeness (QED) is 0.0972. The molecule has 0 bridgehead atoms. The molecule has 0 aliphatic carbocycles. The van der Waals surface area contributed by atoms with Crippen molar-refractivity contribution in [2.24, 2.45) is 5.73 Å². The van der Waals surface area contributed by atoms with E-state index in [1.807, 2.05) is 54.8 Å². The Morgan fingerprint density at radius 3 is 1.91 bits per heavy atom. The number of aromatic nitrogens is 2. The highest BCUT2D eigenvalue weighted by molar-refractivity contribution is 7.98. The fourth-order valence-corrected chi connectivity index (χ4v) is 5.53. The molecule has 12 nitrogen and oxygen atoms in total. The standard InChI is InChI=1S/C31H38N6O6S/c1-17(38)27(37-28(39)22(32)13-18-15-33-23-9-5-3-7-20(18)23)30(41)35-25(11-12-44-2)29(40)36-26(31(42)43)14-19-16-34-24-10-6-4-8-21(19)24/h3-10,15-17,22,25-27,33-34,38H,11-14,32H2,1-2H3,(H,35,41)(H,36,40)(H,37,39)(H,42,43). The number of carbonyl (C=O) groups is 4. The summed E-state index contributed by atoms with van der Waals surface area (Å²) >= 11 is 1.45. The van der Waals surface area contributed by atoms with Crippen LogP contribution in [-0.4, -0.2) is 86.2 Å². The highest BCUT2D eigenvalue weighted by atomic mass is 32.2. The van der Waals surface area contributed by atoms with Crippen LogP contribution in [0.15, 0.2) is 60.9 Å². The first kappa shape index (κ1) is 32.6. The Hall–Kier alpha value is -4.33. The predicted octanol–water partition coefficient (Wildman–Crippen LogP) is 1.43. The van der Waals surface area contributed by atoms with Crippen molar-refractivity contribution in [1.29, 1.82) is 0 Å². The minimum Gasteiger partial charge on any atom is -0.480 e. The maximum absolute atomic E-state index is 13.3. The average molecular weight is 623 g/mol. The minimum atomic E-state index is -1.40. The van der Waals surface area contributed by atoms with Crippen molar-refractivity contribution in [3.8, 4) is 0 Å². The number of aliphatic hydroxyl groups excluding tert-OH is 1. The number of aliphatic carboxylic acids is 1. The number of thioether (sulfide) groups is 1. The summed E-state index contributed by atoms with van der Waals surface area (Å²) in [4.78, 5) is 57.9. The molecule has 2 aromatic carbocycles. The van der Waals surface area contributed by atoms with Crippen molar-refractivity contribution in [2.75, 3.05) is 12.0 Å². The normalized spacial score (nSPS) is 14.8. The number of carboxylic acid groups (broad SMARTS) is 1. The minimum absolute atomic E-state index is 0.0228. The summed E-state index contributed by atoms with van der Waals surface area (Å²) in [7, 11) is 0. The molecular weight excluding hydrogens is 584 g/mol. The van der Waals surface area contributed by atoms with E-state index in [1.54, 1.807) is 12.4 Å². The molecule has 0 aliphatic heterocycles. The number of nitrogens with one attached hydrogen (secondary N) is 5. The monoisotopic (exact) mass is 622 g/mol. The molecule has 5 atom stereocenters. The molecule has 0 aliphatic rings. The average Bonchev–Trinajstić information content (AvgIpc) is 3.61. The van der Waals surface area contributed by atoms with Crippen molar-refractivity contribution in [1.82, 2.24) is 25.9 Å². The van der Waals surface area contributed by atoms with Gasteiger partial charge in [-0.05, 0) is 55.0 Å². The summed E-state index contributed by atoms with van der Waals surface area (Å²) in [6.45, 7) is 1.34. The van der Waals surface area contributed by atoms with Crippen LogP contribution in [0.1, 0.15) is 24.5 Å². The van der Waals surface area contributed by atoms with Crippen LogP contribution >= 0.6 is 11.8 Å². The Labute approximate surface area is 258 Å². The van der Waals surface area contributed by atoms with Crippen molar-refractivity contribution in [3.63, 3.8) is 0 Å². The van der Waals surface area contributed by atoms with E-state index in [1.165, 1.54) is 18.7 Å². The third kappa shape index (κ3) is 7.98. The Morgan fingerprint density at radius 2 is 1.36 bits per heavy atom. The molecule has 234 valence electrons. The van der Waals surface area contributed by atoms with Gasteiger partial charge >= 0.3 is 5.97 Å². The number of carbonyl (C=O) groups excluding carboxylic acids is 3. The molecular formula is C31H38N6O6S. The molecule has 0 fully saturated rings. The van der Waals surface area contributed by atoms with E-state index in [0.717, 1.165) is 32.9 Å². The van der Waals surface area contributed by atoms with E-state index in [2.05, 4.69) is 25.9 Å². The van der Waals surface area contributed by atoms with Crippen LogP contribution in [-0.2, 0) is 32.0 Å². The van der Waals surface area contributed by atoms with Crippen molar-refractivity contribution in [2.45, 2.75) is 56.5 Å². The number of aliphatic hydroxyl groups is 1. The molecule has 4 rings (SSSR count). The van der Waals surface area contributed by atoms with Gasteiger partial charge < -0.3 is 41.9 Å². The molecule has 0 saturated heterocycles. The van der Waals surface area contributed by atoms with E-state index in [-0.39, 0.29) is 19.3 Å². The highest BCUT2D eigenvalue weighted by Crippen LogP contribution is 2.20. The van der Waals surface area contributed by atoms with Gasteiger partial charge in [-0.2, -0.15) is 11.8 Å². The lowest BCUT2D eigenvalue weighted by molar-refractivity contribution is -0.142. The lowest BCUT2D eigenvalue weighted by Crippen LogP contribution is -2.60. The van der Waals surface area contributed by atoms with E-state index in [0.29, 0.717) is 5.75 Å². The number of carboxylic acids is 1. The van der Waals surface area contributed by atoms with Gasteiger partial charge in [-0.15, -0.1) is 0 Å². The van der Waals surface area contributed by atoms with Gasteiger partial charge in [-0.25, -0.2) is 4.79 Å². The summed E-state index contributed by atoms with van der Waals surface area (Å²) in [5, 5.41) is 29.7. The van der Waals surface area contributed by atoms with Crippen molar-refractivity contribution >= 4 is 57.3 Å². The van der Waals surface area contributed by atoms with Gasteiger partial charge in [0, 0.05) is 40.6 Å². The number of hydrogen-bond acceptors (Lipinski definition) is 7. The predicted molar refractivity (Wildman–Crippen MR) is 170 cm³/mol. The molecule has 2 aromatic heterocycles. The summed E-state index contributed by atoms with van der Waals surface area (Å²) in [5.74, 6) is -2.87. The van der Waals surface area contributed by atoms with Crippen LogP contribution in [0.3, 0.4) is 0 Å². The van der Waals surface area contributed by atoms with Gasteiger partial charge in [0.1, 0.15) is 18.1 Å². The molecule has 13 heteroatoms. The highest BCUT2D eigenvalue weighted by Gasteiger charge is 2.32. The van der Waals surface area contributed by atoms with Gasteiger partial charge in [-0.1, -0.05) is 36.4 Å². The van der Waals surface area contributed by atoms with Crippen LogP contribution in [0.4, 0.5) is 0 Å². The number of para-hydroxylation sites is 2. The molecule has 0 spiro atoms. The van der Waals surface area contributed by atoms with Crippen LogP contribution in [0.5, 0.6) is 0 Å². The molecule has 44 heavy (non-hydrogen) atoms. The third-order valence-electron chi connectivity index (χ3n) is 7.47.